The van der Waals surface area contributed by atoms with Crippen molar-refractivity contribution in [3.8, 4) is 0 Å². The normalized spacial score (nSPS) is 35.3. The topological polar surface area (TPSA) is 69.3 Å². The second kappa shape index (κ2) is 14.0. The van der Waals surface area contributed by atoms with Gasteiger partial charge in [-0.25, -0.2) is 0 Å². The average Bonchev–Trinajstić information content (AvgIpc) is 2.85. The molecule has 2 bridgehead atoms. The zero-order chi connectivity index (χ0) is 22.9. The van der Waals surface area contributed by atoms with Gasteiger partial charge in [-0.2, -0.15) is 36.3 Å². The SMILES string of the molecule is [Cl][Mn][Cl].[HH].[HH].[HH].c1cc2nc(c1)C[N-][C@@H]1CCCC[C@H]1[N-]C1CCCCC1[N-]C1CCCCC1[N-]C2. The molecule has 0 spiro atoms. The van der Waals surface area contributed by atoms with E-state index in [9.17, 15) is 0 Å². The Morgan fingerprint density at radius 2 is 0.970 bits per heavy atom. The third-order valence-corrected chi connectivity index (χ3v) is 7.69. The summed E-state index contributed by atoms with van der Waals surface area (Å²) >= 11 is 0.00694. The minimum absolute atomic E-state index is 0. The van der Waals surface area contributed by atoms with Crippen molar-refractivity contribution in [3.05, 3.63) is 50.9 Å². The molecular weight excluding hydrogens is 496 g/mol. The van der Waals surface area contributed by atoms with Gasteiger partial charge in [-0.05, 0) is 12.1 Å². The molecule has 0 N–H and O–H groups in total. The fraction of sp³-hybridized carbons (Fsp3) is 0.800. The van der Waals surface area contributed by atoms with Gasteiger partial charge in [0.15, 0.2) is 0 Å². The molecule has 0 amide bonds. The van der Waals surface area contributed by atoms with Crippen molar-refractivity contribution in [2.24, 2.45) is 0 Å². The van der Waals surface area contributed by atoms with Crippen LogP contribution < -0.4 is 0 Å². The minimum Gasteiger partial charge on any atom is -0.659 e. The Kier molecular flexibility index (Phi) is 11.1. The molecule has 2 heterocycles. The largest absolute Gasteiger partial charge is 0.659 e. The van der Waals surface area contributed by atoms with Crippen LogP contribution >= 0.6 is 20.2 Å². The Hall–Kier alpha value is 0.0895. The van der Waals surface area contributed by atoms with Crippen LogP contribution in [-0.4, -0.2) is 41.2 Å². The van der Waals surface area contributed by atoms with Crippen molar-refractivity contribution in [2.75, 3.05) is 0 Å². The standard InChI is InChI=1S/C25H37N5.2ClH.Mn.3H2/c1-3-12-22-20(10-1)26-16-18-8-7-9-19(28-18)17-27-21-11-2-4-13-23(21)30-25-15-6-5-14-24(25)29-22;;;;;;/h7-9,20-25H,1-6,10-17H2;2*1H;;3*1H/q-4;;;+2;;;/p-2/t20-,21?,22-,23?,24?,25?;;;;;;/m1....../s1. The van der Waals surface area contributed by atoms with Crippen molar-refractivity contribution >= 4 is 20.2 Å². The van der Waals surface area contributed by atoms with Crippen LogP contribution in [0.25, 0.3) is 21.3 Å². The van der Waals surface area contributed by atoms with Gasteiger partial charge in [0.25, 0.3) is 0 Å². The maximum atomic E-state index is 5.46. The van der Waals surface area contributed by atoms with E-state index in [1.807, 2.05) is 0 Å². The van der Waals surface area contributed by atoms with Crippen LogP contribution in [0.5, 0.6) is 0 Å². The zero-order valence-electron chi connectivity index (χ0n) is 19.5. The van der Waals surface area contributed by atoms with Gasteiger partial charge in [-0.3, -0.25) is 4.98 Å². The summed E-state index contributed by atoms with van der Waals surface area (Å²) in [6, 6.07) is 8.69. The average molecular weight is 539 g/mol. The van der Waals surface area contributed by atoms with Gasteiger partial charge in [0.1, 0.15) is 0 Å². The molecule has 3 fully saturated rings. The summed E-state index contributed by atoms with van der Waals surface area (Å²) in [5.41, 5.74) is 2.17. The Balaban J connectivity index is 0.00000103. The third-order valence-electron chi connectivity index (χ3n) is 7.69. The summed E-state index contributed by atoms with van der Waals surface area (Å²) in [4.78, 5) is 4.88. The summed E-state index contributed by atoms with van der Waals surface area (Å²) in [7, 11) is 9.59. The van der Waals surface area contributed by atoms with E-state index in [1.165, 1.54) is 77.0 Å². The first kappa shape index (κ1) is 26.2. The summed E-state index contributed by atoms with van der Waals surface area (Å²) in [5, 5.41) is 21.2. The van der Waals surface area contributed by atoms with E-state index in [0.717, 1.165) is 24.5 Å². The van der Waals surface area contributed by atoms with Gasteiger partial charge >= 0.3 is 33.3 Å². The molecule has 6 atom stereocenters. The number of hydrogen-bond donors (Lipinski definition) is 0. The van der Waals surface area contributed by atoms with Crippen LogP contribution in [0.3, 0.4) is 0 Å². The molecule has 0 aromatic carbocycles. The number of halogens is 2. The van der Waals surface area contributed by atoms with Crippen molar-refractivity contribution in [2.45, 2.75) is 126 Å². The van der Waals surface area contributed by atoms with E-state index < -0.39 is 0 Å². The molecule has 0 radical (unpaired) electrons. The third kappa shape index (κ3) is 7.79. The quantitative estimate of drug-likeness (QED) is 0.304. The minimum atomic E-state index is 0. The van der Waals surface area contributed by atoms with Crippen molar-refractivity contribution in [1.82, 2.24) is 4.98 Å². The van der Waals surface area contributed by atoms with E-state index in [1.54, 1.807) is 0 Å². The van der Waals surface area contributed by atoms with Crippen molar-refractivity contribution in [1.29, 1.82) is 0 Å². The van der Waals surface area contributed by atoms with E-state index in [2.05, 4.69) is 18.2 Å². The van der Waals surface area contributed by atoms with Gasteiger partial charge in [0.2, 0.25) is 0 Å². The first-order valence-electron chi connectivity index (χ1n) is 12.8. The molecular formula is C25H43Cl2MnN5-4. The van der Waals surface area contributed by atoms with Crippen LogP contribution in [0.4, 0.5) is 0 Å². The number of fused-ring (bicyclic) bond motifs is 5. The molecule has 1 aromatic heterocycles. The molecule has 33 heavy (non-hydrogen) atoms. The maximum absolute atomic E-state index is 5.46. The zero-order valence-corrected chi connectivity index (χ0v) is 22.2. The van der Waals surface area contributed by atoms with E-state index in [-0.39, 0.29) is 17.4 Å². The Bertz CT molecular complexity index is 673. The maximum Gasteiger partial charge on any atom is 0.0201 e. The van der Waals surface area contributed by atoms with Crippen LogP contribution in [0.15, 0.2) is 18.2 Å². The Morgan fingerprint density at radius 1 is 0.636 bits per heavy atom. The first-order valence-corrected chi connectivity index (χ1v) is 16.1. The fourth-order valence-corrected chi connectivity index (χ4v) is 6.02. The van der Waals surface area contributed by atoms with Crippen LogP contribution in [0.1, 0.15) is 92.7 Å². The Morgan fingerprint density at radius 3 is 1.36 bits per heavy atom. The predicted molar refractivity (Wildman–Crippen MR) is 141 cm³/mol. The number of aromatic nitrogens is 1. The second-order valence-corrected chi connectivity index (χ2v) is 11.9. The van der Waals surface area contributed by atoms with Crippen molar-refractivity contribution < 1.29 is 17.4 Å². The van der Waals surface area contributed by atoms with Crippen LogP contribution in [-0.2, 0) is 26.2 Å². The molecule has 4 unspecified atom stereocenters. The molecule has 3 saturated carbocycles. The molecule has 8 heteroatoms. The number of rotatable bonds is 0. The fourth-order valence-electron chi connectivity index (χ4n) is 6.02. The molecule has 3 aliphatic carbocycles. The Labute approximate surface area is 219 Å². The summed E-state index contributed by atoms with van der Waals surface area (Å²) in [5.74, 6) is 0. The molecule has 0 saturated heterocycles. The van der Waals surface area contributed by atoms with E-state index in [4.69, 9.17) is 46.4 Å². The predicted octanol–water partition coefficient (Wildman–Crippen LogP) is 8.64. The second-order valence-electron chi connectivity index (χ2n) is 9.91. The van der Waals surface area contributed by atoms with Crippen LogP contribution in [0, 0.1) is 0 Å². The van der Waals surface area contributed by atoms with Crippen molar-refractivity contribution in [3.63, 3.8) is 0 Å². The van der Waals surface area contributed by atoms with Gasteiger partial charge in [-0.15, -0.1) is 13.1 Å². The molecule has 5 rings (SSSR count). The summed E-state index contributed by atoms with van der Waals surface area (Å²) < 4.78 is 0. The first-order chi connectivity index (χ1) is 16.3. The molecule has 193 valence electrons. The van der Waals surface area contributed by atoms with Gasteiger partial charge < -0.3 is 21.3 Å². The van der Waals surface area contributed by atoms with Gasteiger partial charge in [0, 0.05) is 15.7 Å². The molecule has 4 aliphatic rings. The summed E-state index contributed by atoms with van der Waals surface area (Å²) in [6.45, 7) is 1.43. The van der Waals surface area contributed by atoms with Gasteiger partial charge in [-0.1, -0.05) is 83.1 Å². The van der Waals surface area contributed by atoms with Crippen LogP contribution in [0.2, 0.25) is 0 Å². The molecule has 1 aliphatic heterocycles. The smallest absolute Gasteiger partial charge is 0.0201 e. The summed E-state index contributed by atoms with van der Waals surface area (Å²) in [6.07, 6.45) is 15.0. The number of nitrogens with zero attached hydrogens (tertiary/aromatic N) is 5. The monoisotopic (exact) mass is 538 g/mol. The van der Waals surface area contributed by atoms with E-state index >= 15 is 0 Å². The van der Waals surface area contributed by atoms with E-state index in [0.29, 0.717) is 36.3 Å². The molecule has 5 nitrogen and oxygen atoms in total. The molecule has 1 aromatic rings. The number of pyridine rings is 1. The number of hydrogen-bond acceptors (Lipinski definition) is 1. The van der Waals surface area contributed by atoms with Gasteiger partial charge in [0.05, 0.1) is 0 Å².